The molecule has 1 heterocycles. The second-order valence-electron chi connectivity index (χ2n) is 4.48. The van der Waals surface area contributed by atoms with E-state index < -0.39 is 0 Å². The van der Waals surface area contributed by atoms with Crippen molar-refractivity contribution < 1.29 is 10.2 Å². The summed E-state index contributed by atoms with van der Waals surface area (Å²) in [5.74, 6) is 0.530. The maximum atomic E-state index is 10.0. The number of hydrogen-bond donors (Lipinski definition) is 2. The van der Waals surface area contributed by atoms with Crippen molar-refractivity contribution in [1.82, 2.24) is 9.55 Å². The summed E-state index contributed by atoms with van der Waals surface area (Å²) in [7, 11) is 0. The van der Waals surface area contributed by atoms with Crippen molar-refractivity contribution in [2.45, 2.75) is 13.5 Å². The SMILES string of the molecule is CCn1c(-c2c(O)cccc2O)nc2ccc(Cl)cc21. The van der Waals surface area contributed by atoms with Crippen LogP contribution in [0.15, 0.2) is 36.4 Å². The molecule has 0 fully saturated rings. The van der Waals surface area contributed by atoms with Crippen LogP contribution < -0.4 is 0 Å². The minimum Gasteiger partial charge on any atom is -0.507 e. The van der Waals surface area contributed by atoms with E-state index in [1.54, 1.807) is 12.1 Å². The van der Waals surface area contributed by atoms with Crippen molar-refractivity contribution in [2.24, 2.45) is 0 Å². The van der Waals surface area contributed by atoms with E-state index in [9.17, 15) is 10.2 Å². The van der Waals surface area contributed by atoms with E-state index in [4.69, 9.17) is 11.6 Å². The number of aromatic hydroxyl groups is 2. The number of nitrogens with zero attached hydrogens (tertiary/aromatic N) is 2. The summed E-state index contributed by atoms with van der Waals surface area (Å²) < 4.78 is 1.91. The highest BCUT2D eigenvalue weighted by atomic mass is 35.5. The molecule has 2 aromatic carbocycles. The van der Waals surface area contributed by atoms with E-state index in [2.05, 4.69) is 4.98 Å². The lowest BCUT2D eigenvalue weighted by Gasteiger charge is -2.09. The Morgan fingerprint density at radius 1 is 1.15 bits per heavy atom. The number of rotatable bonds is 2. The molecule has 1 aromatic heterocycles. The van der Waals surface area contributed by atoms with E-state index in [1.165, 1.54) is 12.1 Å². The van der Waals surface area contributed by atoms with Gasteiger partial charge in [0, 0.05) is 11.6 Å². The number of halogens is 1. The fourth-order valence-electron chi connectivity index (χ4n) is 2.36. The topological polar surface area (TPSA) is 58.3 Å². The average Bonchev–Trinajstić information content (AvgIpc) is 2.76. The van der Waals surface area contributed by atoms with E-state index in [1.807, 2.05) is 23.6 Å². The van der Waals surface area contributed by atoms with Crippen LogP contribution in [0.3, 0.4) is 0 Å². The minimum absolute atomic E-state index is 0.00102. The van der Waals surface area contributed by atoms with Gasteiger partial charge < -0.3 is 14.8 Å². The molecule has 102 valence electrons. The highest BCUT2D eigenvalue weighted by Crippen LogP contribution is 2.38. The maximum absolute atomic E-state index is 10.0. The van der Waals surface area contributed by atoms with Gasteiger partial charge in [0.25, 0.3) is 0 Å². The van der Waals surface area contributed by atoms with Crippen LogP contribution in [0.25, 0.3) is 22.4 Å². The minimum atomic E-state index is 0.00102. The van der Waals surface area contributed by atoms with Crippen molar-refractivity contribution in [3.63, 3.8) is 0 Å². The second kappa shape index (κ2) is 4.72. The Hall–Kier alpha value is -2.20. The molecule has 0 unspecified atom stereocenters. The predicted molar refractivity (Wildman–Crippen MR) is 79.2 cm³/mol. The molecule has 0 radical (unpaired) electrons. The first-order valence-corrected chi connectivity index (χ1v) is 6.66. The van der Waals surface area contributed by atoms with Crippen molar-refractivity contribution in [3.05, 3.63) is 41.4 Å². The van der Waals surface area contributed by atoms with Gasteiger partial charge >= 0.3 is 0 Å². The highest BCUT2D eigenvalue weighted by Gasteiger charge is 2.18. The number of phenolic OH excluding ortho intramolecular Hbond substituents is 2. The van der Waals surface area contributed by atoms with Gasteiger partial charge in [0.05, 0.1) is 11.0 Å². The molecule has 0 atom stereocenters. The predicted octanol–water partition coefficient (Wildman–Crippen LogP) is 3.79. The third-order valence-electron chi connectivity index (χ3n) is 3.27. The van der Waals surface area contributed by atoms with Gasteiger partial charge in [-0.2, -0.15) is 0 Å². The third-order valence-corrected chi connectivity index (χ3v) is 3.51. The summed E-state index contributed by atoms with van der Waals surface area (Å²) in [4.78, 5) is 4.50. The fraction of sp³-hybridized carbons (Fsp3) is 0.133. The lowest BCUT2D eigenvalue weighted by Crippen LogP contribution is -1.98. The lowest BCUT2D eigenvalue weighted by molar-refractivity contribution is 0.453. The maximum Gasteiger partial charge on any atom is 0.148 e. The van der Waals surface area contributed by atoms with Crippen LogP contribution in [0.4, 0.5) is 0 Å². The molecule has 2 N–H and O–H groups in total. The van der Waals surface area contributed by atoms with Crippen LogP contribution in [-0.2, 0) is 6.54 Å². The largest absolute Gasteiger partial charge is 0.507 e. The Balaban J connectivity index is 2.37. The number of hydrogen-bond acceptors (Lipinski definition) is 3. The number of imidazole rings is 1. The number of aryl methyl sites for hydroxylation is 1. The van der Waals surface area contributed by atoms with Gasteiger partial charge in [0.2, 0.25) is 0 Å². The van der Waals surface area contributed by atoms with Gasteiger partial charge in [-0.1, -0.05) is 17.7 Å². The number of aromatic nitrogens is 2. The zero-order chi connectivity index (χ0) is 14.3. The zero-order valence-corrected chi connectivity index (χ0v) is 11.6. The molecule has 0 aliphatic heterocycles. The Bertz CT molecular complexity index is 776. The van der Waals surface area contributed by atoms with Crippen molar-refractivity contribution >= 4 is 22.6 Å². The fourth-order valence-corrected chi connectivity index (χ4v) is 2.53. The molecule has 3 aromatic rings. The van der Waals surface area contributed by atoms with E-state index >= 15 is 0 Å². The van der Waals surface area contributed by atoms with Gasteiger partial charge in [0.1, 0.15) is 22.9 Å². The van der Waals surface area contributed by atoms with Crippen molar-refractivity contribution in [1.29, 1.82) is 0 Å². The van der Waals surface area contributed by atoms with E-state index in [0.717, 1.165) is 11.0 Å². The van der Waals surface area contributed by atoms with E-state index in [0.29, 0.717) is 23.0 Å². The van der Waals surface area contributed by atoms with Crippen LogP contribution in [0, 0.1) is 0 Å². The number of fused-ring (bicyclic) bond motifs is 1. The van der Waals surface area contributed by atoms with Gasteiger partial charge in [-0.15, -0.1) is 0 Å². The molecule has 4 nitrogen and oxygen atoms in total. The molecule has 0 aliphatic carbocycles. The average molecular weight is 289 g/mol. The monoisotopic (exact) mass is 288 g/mol. The summed E-state index contributed by atoms with van der Waals surface area (Å²) >= 11 is 6.03. The molecule has 0 saturated heterocycles. The number of phenols is 2. The van der Waals surface area contributed by atoms with Gasteiger partial charge in [0.15, 0.2) is 0 Å². The quantitative estimate of drug-likeness (QED) is 0.754. The Morgan fingerprint density at radius 3 is 2.50 bits per heavy atom. The molecule has 3 rings (SSSR count). The molecule has 0 aliphatic rings. The lowest BCUT2D eigenvalue weighted by atomic mass is 10.1. The first-order valence-electron chi connectivity index (χ1n) is 6.29. The molecule has 0 spiro atoms. The van der Waals surface area contributed by atoms with Gasteiger partial charge in [-0.05, 0) is 37.3 Å². The molecule has 0 saturated carbocycles. The normalized spacial score (nSPS) is 11.1. The Labute approximate surface area is 120 Å². The summed E-state index contributed by atoms with van der Waals surface area (Å²) in [5, 5.41) is 20.6. The number of benzene rings is 2. The van der Waals surface area contributed by atoms with Gasteiger partial charge in [-0.3, -0.25) is 0 Å². The van der Waals surface area contributed by atoms with Crippen molar-refractivity contribution in [3.8, 4) is 22.9 Å². The standard InChI is InChI=1S/C15H13ClN2O2/c1-2-18-11-8-9(16)6-7-10(11)17-15(18)14-12(19)4-3-5-13(14)20/h3-8,19-20H,2H2,1H3. The smallest absolute Gasteiger partial charge is 0.148 e. The summed E-state index contributed by atoms with van der Waals surface area (Å²) in [6.07, 6.45) is 0. The van der Waals surface area contributed by atoms with Gasteiger partial charge in [-0.25, -0.2) is 4.98 Å². The van der Waals surface area contributed by atoms with Crippen LogP contribution in [0.5, 0.6) is 11.5 Å². The highest BCUT2D eigenvalue weighted by molar-refractivity contribution is 6.31. The molecule has 5 heteroatoms. The molecule has 0 bridgehead atoms. The van der Waals surface area contributed by atoms with E-state index in [-0.39, 0.29) is 11.5 Å². The second-order valence-corrected chi connectivity index (χ2v) is 4.92. The Kier molecular flexibility index (Phi) is 3.03. The summed E-state index contributed by atoms with van der Waals surface area (Å²) in [6, 6.07) is 10.1. The zero-order valence-electron chi connectivity index (χ0n) is 10.8. The molecular formula is C15H13ClN2O2. The summed E-state index contributed by atoms with van der Waals surface area (Å²) in [6.45, 7) is 2.63. The molecule has 0 amide bonds. The van der Waals surface area contributed by atoms with Crippen LogP contribution >= 0.6 is 11.6 Å². The van der Waals surface area contributed by atoms with Crippen LogP contribution in [0.2, 0.25) is 5.02 Å². The molecular weight excluding hydrogens is 276 g/mol. The van der Waals surface area contributed by atoms with Crippen molar-refractivity contribution in [2.75, 3.05) is 0 Å². The van der Waals surface area contributed by atoms with Crippen LogP contribution in [-0.4, -0.2) is 19.8 Å². The third kappa shape index (κ3) is 1.89. The van der Waals surface area contributed by atoms with Crippen LogP contribution in [0.1, 0.15) is 6.92 Å². The molecule has 20 heavy (non-hydrogen) atoms. The summed E-state index contributed by atoms with van der Waals surface area (Å²) in [5.41, 5.74) is 1.98. The Morgan fingerprint density at radius 2 is 1.85 bits per heavy atom. The first kappa shape index (κ1) is 12.8. The first-order chi connectivity index (χ1) is 9.61.